The third kappa shape index (κ3) is 0.968. The van der Waals surface area contributed by atoms with Crippen LogP contribution < -0.4 is 0 Å². The second kappa shape index (κ2) is 2.54. The molecule has 0 amide bonds. The summed E-state index contributed by atoms with van der Waals surface area (Å²) in [6.07, 6.45) is 1.25. The van der Waals surface area contributed by atoms with Crippen LogP contribution in [0.4, 0.5) is 0 Å². The Morgan fingerprint density at radius 3 is 1.50 bits per heavy atom. The highest BCUT2D eigenvalue weighted by Crippen LogP contribution is 2.40. The van der Waals surface area contributed by atoms with Crippen molar-refractivity contribution < 1.29 is 4.74 Å². The zero-order valence-electron chi connectivity index (χ0n) is 7.48. The van der Waals surface area contributed by atoms with Gasteiger partial charge in [-0.25, -0.2) is 0 Å². The van der Waals surface area contributed by atoms with E-state index in [1.54, 1.807) is 0 Å². The number of hydrogen-bond acceptors (Lipinski definition) is 1. The predicted molar refractivity (Wildman–Crippen MR) is 43.0 cm³/mol. The zero-order chi connectivity index (χ0) is 7.78. The summed E-state index contributed by atoms with van der Waals surface area (Å²) in [6.45, 7) is 9.97. The Labute approximate surface area is 63.8 Å². The average Bonchev–Trinajstić information content (AvgIpc) is 1.57. The van der Waals surface area contributed by atoms with E-state index < -0.39 is 0 Å². The standard InChI is InChI=1S/C9H18O/c1-7(2)9(8(3)4)5-6-10-9/h7-8H,5-6H2,1-4H3. The Kier molecular flexibility index (Phi) is 2.04. The van der Waals surface area contributed by atoms with Crippen LogP contribution in [0, 0.1) is 11.8 Å². The van der Waals surface area contributed by atoms with E-state index in [1.165, 1.54) is 6.42 Å². The summed E-state index contributed by atoms with van der Waals surface area (Å²) < 4.78 is 5.64. The highest BCUT2D eigenvalue weighted by Gasteiger charge is 2.43. The second-order valence-corrected chi connectivity index (χ2v) is 3.86. The van der Waals surface area contributed by atoms with Gasteiger partial charge in [0.2, 0.25) is 0 Å². The quantitative estimate of drug-likeness (QED) is 0.575. The molecule has 0 N–H and O–H groups in total. The predicted octanol–water partition coefficient (Wildman–Crippen LogP) is 2.46. The van der Waals surface area contributed by atoms with Gasteiger partial charge in [0.05, 0.1) is 12.2 Å². The molecular formula is C9H18O. The molecule has 0 aromatic rings. The van der Waals surface area contributed by atoms with Gasteiger partial charge in [0, 0.05) is 6.42 Å². The van der Waals surface area contributed by atoms with Crippen molar-refractivity contribution in [3.8, 4) is 0 Å². The van der Waals surface area contributed by atoms with E-state index in [0.717, 1.165) is 6.61 Å². The van der Waals surface area contributed by atoms with E-state index in [-0.39, 0.29) is 5.60 Å². The largest absolute Gasteiger partial charge is 0.374 e. The average molecular weight is 142 g/mol. The first-order valence-electron chi connectivity index (χ1n) is 4.23. The smallest absolute Gasteiger partial charge is 0.0749 e. The van der Waals surface area contributed by atoms with Crippen molar-refractivity contribution >= 4 is 0 Å². The highest BCUT2D eigenvalue weighted by atomic mass is 16.5. The lowest BCUT2D eigenvalue weighted by molar-refractivity contribution is -0.200. The maximum absolute atomic E-state index is 5.64. The van der Waals surface area contributed by atoms with Crippen LogP contribution in [0.25, 0.3) is 0 Å². The van der Waals surface area contributed by atoms with Gasteiger partial charge in [0.15, 0.2) is 0 Å². The molecule has 1 heteroatoms. The molecule has 0 radical (unpaired) electrons. The van der Waals surface area contributed by atoms with Crippen molar-refractivity contribution in [3.05, 3.63) is 0 Å². The van der Waals surface area contributed by atoms with Gasteiger partial charge in [-0.2, -0.15) is 0 Å². The molecule has 0 spiro atoms. The number of hydrogen-bond donors (Lipinski definition) is 0. The summed E-state index contributed by atoms with van der Waals surface area (Å²) >= 11 is 0. The van der Waals surface area contributed by atoms with Crippen LogP contribution in [-0.4, -0.2) is 12.2 Å². The molecule has 60 valence electrons. The van der Waals surface area contributed by atoms with E-state index in [1.807, 2.05) is 0 Å². The summed E-state index contributed by atoms with van der Waals surface area (Å²) in [4.78, 5) is 0. The summed E-state index contributed by atoms with van der Waals surface area (Å²) in [6, 6.07) is 0. The Balaban J connectivity index is 2.59. The van der Waals surface area contributed by atoms with E-state index in [4.69, 9.17) is 4.74 Å². The van der Waals surface area contributed by atoms with Crippen molar-refractivity contribution in [3.63, 3.8) is 0 Å². The van der Waals surface area contributed by atoms with Crippen LogP contribution in [0.2, 0.25) is 0 Å². The van der Waals surface area contributed by atoms with Crippen molar-refractivity contribution in [2.45, 2.75) is 39.7 Å². The van der Waals surface area contributed by atoms with Crippen LogP contribution in [0.1, 0.15) is 34.1 Å². The fourth-order valence-electron chi connectivity index (χ4n) is 1.92. The molecule has 0 unspecified atom stereocenters. The van der Waals surface area contributed by atoms with Crippen LogP contribution in [-0.2, 0) is 4.74 Å². The van der Waals surface area contributed by atoms with Gasteiger partial charge >= 0.3 is 0 Å². The second-order valence-electron chi connectivity index (χ2n) is 3.86. The first-order chi connectivity index (χ1) is 4.59. The molecular weight excluding hydrogens is 124 g/mol. The summed E-state index contributed by atoms with van der Waals surface area (Å²) in [5.41, 5.74) is 0.222. The molecule has 0 atom stereocenters. The summed E-state index contributed by atoms with van der Waals surface area (Å²) in [5.74, 6) is 1.34. The van der Waals surface area contributed by atoms with Gasteiger partial charge in [-0.15, -0.1) is 0 Å². The van der Waals surface area contributed by atoms with Gasteiger partial charge in [-0.05, 0) is 11.8 Å². The minimum atomic E-state index is 0.222. The Hall–Kier alpha value is -0.0400. The molecule has 1 aliphatic rings. The van der Waals surface area contributed by atoms with E-state index in [2.05, 4.69) is 27.7 Å². The molecule has 1 aliphatic heterocycles. The van der Waals surface area contributed by atoms with Crippen LogP contribution in [0.3, 0.4) is 0 Å². The fraction of sp³-hybridized carbons (Fsp3) is 1.00. The van der Waals surface area contributed by atoms with Gasteiger partial charge < -0.3 is 4.74 Å². The summed E-state index contributed by atoms with van der Waals surface area (Å²) in [7, 11) is 0. The third-order valence-electron chi connectivity index (χ3n) is 2.82. The van der Waals surface area contributed by atoms with Crippen LogP contribution >= 0.6 is 0 Å². The molecule has 1 nitrogen and oxygen atoms in total. The Morgan fingerprint density at radius 1 is 1.10 bits per heavy atom. The van der Waals surface area contributed by atoms with Crippen molar-refractivity contribution in [2.75, 3.05) is 6.61 Å². The first kappa shape index (κ1) is 8.06. The van der Waals surface area contributed by atoms with E-state index in [0.29, 0.717) is 11.8 Å². The van der Waals surface area contributed by atoms with Gasteiger partial charge in [0.25, 0.3) is 0 Å². The molecule has 1 fully saturated rings. The van der Waals surface area contributed by atoms with Gasteiger partial charge in [-0.3, -0.25) is 0 Å². The fourth-order valence-corrected chi connectivity index (χ4v) is 1.92. The minimum absolute atomic E-state index is 0.222. The lowest BCUT2D eigenvalue weighted by Gasteiger charge is -2.48. The normalized spacial score (nSPS) is 23.4. The first-order valence-corrected chi connectivity index (χ1v) is 4.23. The Bertz CT molecular complexity index is 102. The zero-order valence-corrected chi connectivity index (χ0v) is 7.48. The number of rotatable bonds is 2. The van der Waals surface area contributed by atoms with Crippen molar-refractivity contribution in [1.82, 2.24) is 0 Å². The molecule has 1 rings (SSSR count). The minimum Gasteiger partial charge on any atom is -0.374 e. The van der Waals surface area contributed by atoms with Crippen LogP contribution in [0.5, 0.6) is 0 Å². The summed E-state index contributed by atoms with van der Waals surface area (Å²) in [5, 5.41) is 0. The van der Waals surface area contributed by atoms with Gasteiger partial charge in [0.1, 0.15) is 0 Å². The molecule has 0 aliphatic carbocycles. The lowest BCUT2D eigenvalue weighted by atomic mass is 9.75. The van der Waals surface area contributed by atoms with E-state index in [9.17, 15) is 0 Å². The topological polar surface area (TPSA) is 9.23 Å². The molecule has 10 heavy (non-hydrogen) atoms. The van der Waals surface area contributed by atoms with Crippen LogP contribution in [0.15, 0.2) is 0 Å². The Morgan fingerprint density at radius 2 is 1.50 bits per heavy atom. The SMILES string of the molecule is CC(C)C1(C(C)C)CCO1. The van der Waals surface area contributed by atoms with Crippen molar-refractivity contribution in [1.29, 1.82) is 0 Å². The number of ether oxygens (including phenoxy) is 1. The third-order valence-corrected chi connectivity index (χ3v) is 2.82. The van der Waals surface area contributed by atoms with Gasteiger partial charge in [-0.1, -0.05) is 27.7 Å². The molecule has 1 heterocycles. The molecule has 1 saturated heterocycles. The highest BCUT2D eigenvalue weighted by molar-refractivity contribution is 4.92. The maximum Gasteiger partial charge on any atom is 0.0749 e. The molecule has 0 aromatic heterocycles. The maximum atomic E-state index is 5.64. The molecule has 0 bridgehead atoms. The lowest BCUT2D eigenvalue weighted by Crippen LogP contribution is -2.52. The van der Waals surface area contributed by atoms with E-state index >= 15 is 0 Å². The molecule has 0 aromatic carbocycles. The monoisotopic (exact) mass is 142 g/mol. The van der Waals surface area contributed by atoms with Crippen molar-refractivity contribution in [2.24, 2.45) is 11.8 Å². The molecule has 0 saturated carbocycles.